The van der Waals surface area contributed by atoms with Gasteiger partial charge in [-0.3, -0.25) is 13.9 Å². The quantitative estimate of drug-likeness (QED) is 0.499. The molecule has 0 bridgehead atoms. The van der Waals surface area contributed by atoms with E-state index < -0.39 is 11.2 Å². The molecule has 0 aliphatic carbocycles. The molecule has 3 aromatic rings. The zero-order valence-electron chi connectivity index (χ0n) is 16.4. The van der Waals surface area contributed by atoms with Crippen molar-refractivity contribution >= 4 is 23.3 Å². The van der Waals surface area contributed by atoms with Gasteiger partial charge in [-0.05, 0) is 30.7 Å². The number of aryl methyl sites for hydroxylation is 2. The van der Waals surface area contributed by atoms with Gasteiger partial charge in [0.05, 0.1) is 20.4 Å². The van der Waals surface area contributed by atoms with E-state index in [9.17, 15) is 9.59 Å². The standard InChI is InChI=1S/C18H22N6O4/c1-6-24-14-15(22(2)18(26)23(3)16(14)25)20-17(24)21-19-10-11-7-8-12(27-4)13(9-11)28-5/h7-10H,6H2,1-5H3,(H,20,21)/b19-10+. The fraction of sp³-hybridized carbons (Fsp3) is 0.333. The first-order valence-corrected chi connectivity index (χ1v) is 8.60. The average Bonchev–Trinajstić information content (AvgIpc) is 3.09. The summed E-state index contributed by atoms with van der Waals surface area (Å²) in [7, 11) is 6.15. The maximum absolute atomic E-state index is 12.5. The van der Waals surface area contributed by atoms with Gasteiger partial charge in [0.25, 0.3) is 5.56 Å². The number of methoxy groups -OCH3 is 2. The van der Waals surface area contributed by atoms with Crippen molar-refractivity contribution in [3.8, 4) is 11.5 Å². The number of imidazole rings is 1. The number of hydrogen-bond acceptors (Lipinski definition) is 7. The fourth-order valence-electron chi connectivity index (χ4n) is 2.94. The average molecular weight is 386 g/mol. The van der Waals surface area contributed by atoms with Gasteiger partial charge in [-0.2, -0.15) is 10.1 Å². The number of fused-ring (bicyclic) bond motifs is 1. The van der Waals surface area contributed by atoms with Crippen LogP contribution in [0.4, 0.5) is 5.95 Å². The van der Waals surface area contributed by atoms with Crippen molar-refractivity contribution in [2.45, 2.75) is 13.5 Å². The van der Waals surface area contributed by atoms with Crippen LogP contribution in [-0.4, -0.2) is 39.1 Å². The van der Waals surface area contributed by atoms with E-state index in [2.05, 4.69) is 15.5 Å². The molecule has 0 radical (unpaired) electrons. The zero-order valence-corrected chi connectivity index (χ0v) is 16.4. The highest BCUT2D eigenvalue weighted by molar-refractivity contribution is 5.81. The molecule has 28 heavy (non-hydrogen) atoms. The van der Waals surface area contributed by atoms with Crippen molar-refractivity contribution in [1.82, 2.24) is 18.7 Å². The minimum absolute atomic E-state index is 0.304. The second kappa shape index (κ2) is 7.59. The molecule has 10 heteroatoms. The van der Waals surface area contributed by atoms with Crippen molar-refractivity contribution in [3.05, 3.63) is 44.6 Å². The predicted molar refractivity (Wildman–Crippen MR) is 107 cm³/mol. The molecule has 148 valence electrons. The number of benzene rings is 1. The van der Waals surface area contributed by atoms with Crippen molar-refractivity contribution < 1.29 is 9.47 Å². The number of rotatable bonds is 6. The zero-order chi connectivity index (χ0) is 20.4. The third kappa shape index (κ3) is 3.13. The SMILES string of the molecule is CCn1c(N/N=C/c2ccc(OC)c(OC)c2)nc2c1c(=O)n(C)c(=O)n2C. The number of nitrogens with one attached hydrogen (secondary N) is 1. The van der Waals surface area contributed by atoms with Crippen LogP contribution >= 0.6 is 0 Å². The monoisotopic (exact) mass is 386 g/mol. The molecule has 0 saturated carbocycles. The first-order valence-electron chi connectivity index (χ1n) is 8.60. The summed E-state index contributed by atoms with van der Waals surface area (Å²) in [6.07, 6.45) is 1.60. The van der Waals surface area contributed by atoms with Crippen LogP contribution < -0.4 is 26.1 Å². The Hall–Kier alpha value is -3.56. The summed E-state index contributed by atoms with van der Waals surface area (Å²) in [5.74, 6) is 1.58. The molecule has 0 aliphatic rings. The second-order valence-electron chi connectivity index (χ2n) is 6.04. The Morgan fingerprint density at radius 1 is 1.14 bits per heavy atom. The molecule has 0 spiro atoms. The van der Waals surface area contributed by atoms with E-state index in [1.807, 2.05) is 13.0 Å². The lowest BCUT2D eigenvalue weighted by molar-refractivity contribution is 0.355. The maximum atomic E-state index is 12.5. The summed E-state index contributed by atoms with van der Waals surface area (Å²) in [6, 6.07) is 5.39. The molecule has 2 heterocycles. The number of anilines is 1. The number of aromatic nitrogens is 4. The number of nitrogens with zero attached hydrogens (tertiary/aromatic N) is 5. The Morgan fingerprint density at radius 3 is 2.50 bits per heavy atom. The van der Waals surface area contributed by atoms with Gasteiger partial charge in [0, 0.05) is 20.6 Å². The molecule has 0 saturated heterocycles. The van der Waals surface area contributed by atoms with Gasteiger partial charge in [-0.15, -0.1) is 0 Å². The van der Waals surface area contributed by atoms with Gasteiger partial charge in [0.15, 0.2) is 22.7 Å². The summed E-state index contributed by atoms with van der Waals surface area (Å²) in [6.45, 7) is 2.37. The van der Waals surface area contributed by atoms with E-state index in [1.165, 1.54) is 11.6 Å². The highest BCUT2D eigenvalue weighted by Crippen LogP contribution is 2.26. The van der Waals surface area contributed by atoms with Crippen LogP contribution in [0.3, 0.4) is 0 Å². The third-order valence-electron chi connectivity index (χ3n) is 4.45. The molecule has 10 nitrogen and oxygen atoms in total. The molecule has 3 rings (SSSR count). The van der Waals surface area contributed by atoms with E-state index >= 15 is 0 Å². The minimum atomic E-state index is -0.432. The molecule has 1 aromatic carbocycles. The molecule has 0 unspecified atom stereocenters. The lowest BCUT2D eigenvalue weighted by Gasteiger charge is -2.07. The number of ether oxygens (including phenoxy) is 2. The highest BCUT2D eigenvalue weighted by Gasteiger charge is 2.17. The Balaban J connectivity index is 1.98. The number of hydrogen-bond donors (Lipinski definition) is 1. The molecule has 0 fully saturated rings. The second-order valence-corrected chi connectivity index (χ2v) is 6.04. The Labute approximate surface area is 160 Å². The van der Waals surface area contributed by atoms with Gasteiger partial charge in [0.2, 0.25) is 5.95 Å². The van der Waals surface area contributed by atoms with Crippen LogP contribution in [-0.2, 0) is 20.6 Å². The maximum Gasteiger partial charge on any atom is 0.332 e. The molecule has 0 amide bonds. The number of hydrazone groups is 1. The first kappa shape index (κ1) is 19.2. The lowest BCUT2D eigenvalue weighted by Crippen LogP contribution is -2.37. The van der Waals surface area contributed by atoms with E-state index in [1.54, 1.807) is 44.2 Å². The molecular weight excluding hydrogens is 364 g/mol. The van der Waals surface area contributed by atoms with Gasteiger partial charge in [0.1, 0.15) is 0 Å². The van der Waals surface area contributed by atoms with Crippen molar-refractivity contribution in [3.63, 3.8) is 0 Å². The Morgan fingerprint density at radius 2 is 1.86 bits per heavy atom. The molecule has 0 atom stereocenters. The smallest absolute Gasteiger partial charge is 0.332 e. The Kier molecular flexibility index (Phi) is 5.21. The molecule has 0 aliphatic heterocycles. The summed E-state index contributed by atoms with van der Waals surface area (Å²) in [5, 5.41) is 4.20. The van der Waals surface area contributed by atoms with Gasteiger partial charge < -0.3 is 14.0 Å². The van der Waals surface area contributed by atoms with Crippen LogP contribution in [0, 0.1) is 0 Å². The molecule has 1 N–H and O–H groups in total. The third-order valence-corrected chi connectivity index (χ3v) is 4.45. The summed E-state index contributed by atoms with van der Waals surface area (Å²) >= 11 is 0. The minimum Gasteiger partial charge on any atom is -0.493 e. The van der Waals surface area contributed by atoms with E-state index in [-0.39, 0.29) is 0 Å². The van der Waals surface area contributed by atoms with Gasteiger partial charge in [-0.1, -0.05) is 0 Å². The van der Waals surface area contributed by atoms with Crippen LogP contribution in [0.2, 0.25) is 0 Å². The van der Waals surface area contributed by atoms with Crippen LogP contribution in [0.25, 0.3) is 11.2 Å². The van der Waals surface area contributed by atoms with E-state index in [0.717, 1.165) is 10.1 Å². The highest BCUT2D eigenvalue weighted by atomic mass is 16.5. The summed E-state index contributed by atoms with van der Waals surface area (Å²) < 4.78 is 14.6. The van der Waals surface area contributed by atoms with Crippen molar-refractivity contribution in [1.29, 1.82) is 0 Å². The van der Waals surface area contributed by atoms with Crippen LogP contribution in [0.1, 0.15) is 12.5 Å². The largest absolute Gasteiger partial charge is 0.493 e. The fourth-order valence-corrected chi connectivity index (χ4v) is 2.94. The normalized spacial score (nSPS) is 11.3. The topological polar surface area (TPSA) is 105 Å². The summed E-state index contributed by atoms with van der Waals surface area (Å²) in [4.78, 5) is 29.0. The van der Waals surface area contributed by atoms with Crippen molar-refractivity contribution in [2.24, 2.45) is 19.2 Å². The van der Waals surface area contributed by atoms with Gasteiger partial charge in [-0.25, -0.2) is 10.2 Å². The predicted octanol–water partition coefficient (Wildman–Crippen LogP) is 0.917. The van der Waals surface area contributed by atoms with Crippen LogP contribution in [0.5, 0.6) is 11.5 Å². The summed E-state index contributed by atoms with van der Waals surface area (Å²) in [5.41, 5.74) is 3.45. The van der Waals surface area contributed by atoms with Crippen molar-refractivity contribution in [2.75, 3.05) is 19.6 Å². The first-order chi connectivity index (χ1) is 13.4. The molecule has 2 aromatic heterocycles. The van der Waals surface area contributed by atoms with Gasteiger partial charge >= 0.3 is 5.69 Å². The van der Waals surface area contributed by atoms with Crippen LogP contribution in [0.15, 0.2) is 32.9 Å². The lowest BCUT2D eigenvalue weighted by atomic mass is 10.2. The molecular formula is C18H22N6O4. The van der Waals surface area contributed by atoms with E-state index in [4.69, 9.17) is 9.47 Å². The van der Waals surface area contributed by atoms with E-state index in [0.29, 0.717) is 35.2 Å². The Bertz CT molecular complexity index is 1170.